The Labute approximate surface area is 205 Å². The van der Waals surface area contributed by atoms with E-state index in [-0.39, 0.29) is 43.0 Å². The lowest BCUT2D eigenvalue weighted by atomic mass is 10.1. The number of amides is 1. The fourth-order valence-corrected chi connectivity index (χ4v) is 3.84. The molecule has 190 valence electrons. The first-order valence-corrected chi connectivity index (χ1v) is 11.5. The zero-order chi connectivity index (χ0) is 25.9. The van der Waals surface area contributed by atoms with Crippen molar-refractivity contribution in [3.05, 3.63) is 86.7 Å². The summed E-state index contributed by atoms with van der Waals surface area (Å²) in [6.45, 7) is 2.32. The molecule has 1 aromatic heterocycles. The third-order valence-corrected chi connectivity index (χ3v) is 5.82. The van der Waals surface area contributed by atoms with E-state index in [0.717, 1.165) is 24.5 Å². The zero-order valence-electron chi connectivity index (χ0n) is 19.5. The van der Waals surface area contributed by atoms with Crippen LogP contribution in [0.25, 0.3) is 0 Å². The number of ether oxygens (including phenoxy) is 1. The number of nitro benzene ring substituents is 1. The molecule has 1 aliphatic rings. The van der Waals surface area contributed by atoms with E-state index >= 15 is 0 Å². The van der Waals surface area contributed by atoms with Gasteiger partial charge in [0, 0.05) is 36.3 Å². The van der Waals surface area contributed by atoms with Crippen molar-refractivity contribution in [1.82, 2.24) is 15.1 Å². The summed E-state index contributed by atoms with van der Waals surface area (Å²) in [6.07, 6.45) is -2.35. The number of carbonyl (C=O) groups is 1. The van der Waals surface area contributed by atoms with Gasteiger partial charge in [0.05, 0.1) is 4.92 Å². The summed E-state index contributed by atoms with van der Waals surface area (Å²) in [4.78, 5) is 23.3. The minimum absolute atomic E-state index is 0.0375. The van der Waals surface area contributed by atoms with Crippen molar-refractivity contribution in [2.24, 2.45) is 0 Å². The molecule has 2 aromatic carbocycles. The second-order valence-electron chi connectivity index (χ2n) is 8.78. The molecule has 4 rings (SSSR count). The molecule has 0 saturated heterocycles. The number of aryl methyl sites for hydroxylation is 2. The SMILES string of the molecule is Cc1ccc(OCc2cccc(C(=O)NCCCn3nc(C(F)(F)F)cc3C3CC3)c2)c([N+](=O)[O-])c1. The number of nitrogens with one attached hydrogen (secondary N) is 1. The van der Waals surface area contributed by atoms with Gasteiger partial charge in [0.25, 0.3) is 5.91 Å². The molecule has 0 bridgehead atoms. The molecule has 1 heterocycles. The number of carbonyl (C=O) groups excluding carboxylic acids is 1. The van der Waals surface area contributed by atoms with Gasteiger partial charge in [-0.2, -0.15) is 18.3 Å². The summed E-state index contributed by atoms with van der Waals surface area (Å²) in [5.74, 6) is -0.0788. The minimum atomic E-state index is -4.48. The van der Waals surface area contributed by atoms with Crippen LogP contribution in [-0.4, -0.2) is 27.2 Å². The summed E-state index contributed by atoms with van der Waals surface area (Å²) in [7, 11) is 0. The van der Waals surface area contributed by atoms with Gasteiger partial charge in [0.2, 0.25) is 0 Å². The summed E-state index contributed by atoms with van der Waals surface area (Å²) in [5, 5.41) is 17.8. The highest BCUT2D eigenvalue weighted by Crippen LogP contribution is 2.42. The lowest BCUT2D eigenvalue weighted by molar-refractivity contribution is -0.386. The van der Waals surface area contributed by atoms with E-state index in [9.17, 15) is 28.1 Å². The van der Waals surface area contributed by atoms with E-state index in [0.29, 0.717) is 23.2 Å². The van der Waals surface area contributed by atoms with Crippen LogP contribution in [0.5, 0.6) is 5.75 Å². The van der Waals surface area contributed by atoms with Crippen LogP contribution in [0.3, 0.4) is 0 Å². The Balaban J connectivity index is 1.31. The Hall–Kier alpha value is -3.89. The maximum Gasteiger partial charge on any atom is 0.435 e. The Bertz CT molecular complexity index is 1270. The Morgan fingerprint density at radius 1 is 1.22 bits per heavy atom. The molecule has 3 aromatic rings. The number of halogens is 3. The molecule has 1 aliphatic carbocycles. The lowest BCUT2D eigenvalue weighted by Crippen LogP contribution is -2.25. The highest BCUT2D eigenvalue weighted by atomic mass is 19.4. The molecule has 11 heteroatoms. The van der Waals surface area contributed by atoms with E-state index < -0.39 is 16.8 Å². The van der Waals surface area contributed by atoms with Gasteiger partial charge < -0.3 is 10.1 Å². The molecule has 1 fully saturated rings. The predicted molar refractivity (Wildman–Crippen MR) is 125 cm³/mol. The fraction of sp³-hybridized carbons (Fsp3) is 0.360. The second kappa shape index (κ2) is 10.4. The molecule has 0 aliphatic heterocycles. The van der Waals surface area contributed by atoms with Gasteiger partial charge in [-0.3, -0.25) is 19.6 Å². The number of benzene rings is 2. The first kappa shape index (κ1) is 25.2. The van der Waals surface area contributed by atoms with Crippen LogP contribution in [0.15, 0.2) is 48.5 Å². The van der Waals surface area contributed by atoms with Crippen molar-refractivity contribution in [3.63, 3.8) is 0 Å². The van der Waals surface area contributed by atoms with Crippen molar-refractivity contribution in [2.45, 2.75) is 51.4 Å². The molecule has 36 heavy (non-hydrogen) atoms. The van der Waals surface area contributed by atoms with E-state index in [4.69, 9.17) is 4.74 Å². The van der Waals surface area contributed by atoms with Crippen molar-refractivity contribution >= 4 is 11.6 Å². The van der Waals surface area contributed by atoms with Gasteiger partial charge >= 0.3 is 11.9 Å². The summed E-state index contributed by atoms with van der Waals surface area (Å²) < 4.78 is 46.1. The summed E-state index contributed by atoms with van der Waals surface area (Å²) in [6, 6.07) is 12.5. The average Bonchev–Trinajstić information content (AvgIpc) is 3.58. The van der Waals surface area contributed by atoms with Gasteiger partial charge in [-0.25, -0.2) is 0 Å². The smallest absolute Gasteiger partial charge is 0.435 e. The molecule has 0 spiro atoms. The first-order chi connectivity index (χ1) is 17.1. The molecule has 0 atom stereocenters. The minimum Gasteiger partial charge on any atom is -0.482 e. The van der Waals surface area contributed by atoms with Crippen LogP contribution in [0.1, 0.15) is 58.1 Å². The average molecular weight is 502 g/mol. The van der Waals surface area contributed by atoms with Crippen molar-refractivity contribution in [2.75, 3.05) is 6.54 Å². The number of hydrogen-bond donors (Lipinski definition) is 1. The van der Waals surface area contributed by atoms with Crippen LogP contribution >= 0.6 is 0 Å². The van der Waals surface area contributed by atoms with Crippen molar-refractivity contribution < 1.29 is 27.6 Å². The molecule has 1 N–H and O–H groups in total. The maximum absolute atomic E-state index is 13.0. The highest BCUT2D eigenvalue weighted by molar-refractivity contribution is 5.94. The summed E-state index contributed by atoms with van der Waals surface area (Å²) >= 11 is 0. The van der Waals surface area contributed by atoms with E-state index in [1.165, 1.54) is 16.8 Å². The summed E-state index contributed by atoms with van der Waals surface area (Å²) in [5.41, 5.74) is 1.35. The second-order valence-corrected chi connectivity index (χ2v) is 8.78. The third kappa shape index (κ3) is 6.21. The maximum atomic E-state index is 13.0. The monoisotopic (exact) mass is 502 g/mol. The fourth-order valence-electron chi connectivity index (χ4n) is 3.84. The van der Waals surface area contributed by atoms with E-state index in [1.54, 1.807) is 37.3 Å². The van der Waals surface area contributed by atoms with Crippen LogP contribution in [0.2, 0.25) is 0 Å². The molecule has 0 radical (unpaired) electrons. The largest absolute Gasteiger partial charge is 0.482 e. The predicted octanol–water partition coefficient (Wildman–Crippen LogP) is 5.40. The number of alkyl halides is 3. The van der Waals surface area contributed by atoms with Gasteiger partial charge in [0.1, 0.15) is 6.61 Å². The van der Waals surface area contributed by atoms with E-state index in [2.05, 4.69) is 10.4 Å². The van der Waals surface area contributed by atoms with Crippen LogP contribution in [-0.2, 0) is 19.3 Å². The molecule has 8 nitrogen and oxygen atoms in total. The first-order valence-electron chi connectivity index (χ1n) is 11.5. The van der Waals surface area contributed by atoms with Gasteiger partial charge in [-0.15, -0.1) is 0 Å². The van der Waals surface area contributed by atoms with Gasteiger partial charge in [0.15, 0.2) is 11.4 Å². The molecule has 1 saturated carbocycles. The molecular weight excluding hydrogens is 477 g/mol. The third-order valence-electron chi connectivity index (χ3n) is 5.82. The lowest BCUT2D eigenvalue weighted by Gasteiger charge is -2.10. The number of nitrogens with zero attached hydrogens (tertiary/aromatic N) is 3. The molecule has 0 unspecified atom stereocenters. The topological polar surface area (TPSA) is 99.3 Å². The van der Waals surface area contributed by atoms with E-state index in [1.807, 2.05) is 0 Å². The Morgan fingerprint density at radius 2 is 2.00 bits per heavy atom. The highest BCUT2D eigenvalue weighted by Gasteiger charge is 2.37. The van der Waals surface area contributed by atoms with Crippen LogP contribution in [0, 0.1) is 17.0 Å². The quantitative estimate of drug-likeness (QED) is 0.228. The standard InChI is InChI=1S/C25H25F3N4O4/c1-16-6-9-22(21(12-16)32(34)35)36-15-17-4-2-5-19(13-17)24(33)29-10-3-11-31-20(18-7-8-18)14-23(30-31)25(26,27)28/h2,4-6,9,12-14,18H,3,7-8,10-11,15H2,1H3,(H,29,33). The van der Waals surface area contributed by atoms with Gasteiger partial charge in [-0.1, -0.05) is 18.2 Å². The van der Waals surface area contributed by atoms with Crippen molar-refractivity contribution in [1.29, 1.82) is 0 Å². The van der Waals surface area contributed by atoms with Crippen molar-refractivity contribution in [3.8, 4) is 5.75 Å². The van der Waals surface area contributed by atoms with Gasteiger partial charge in [-0.05, 0) is 61.6 Å². The number of nitro groups is 1. The Morgan fingerprint density at radius 3 is 2.69 bits per heavy atom. The Kier molecular flexibility index (Phi) is 7.27. The number of hydrogen-bond acceptors (Lipinski definition) is 5. The number of aromatic nitrogens is 2. The zero-order valence-corrected chi connectivity index (χ0v) is 19.5. The normalized spacial score (nSPS) is 13.4. The molecule has 1 amide bonds. The molecular formula is C25H25F3N4O4. The number of rotatable bonds is 10. The van der Waals surface area contributed by atoms with Crippen LogP contribution in [0.4, 0.5) is 18.9 Å². The van der Waals surface area contributed by atoms with Crippen LogP contribution < -0.4 is 10.1 Å².